The van der Waals surface area contributed by atoms with Gasteiger partial charge in [-0.2, -0.15) is 0 Å². The molecule has 3 fully saturated rings. The molecule has 1 saturated carbocycles. The van der Waals surface area contributed by atoms with Crippen molar-refractivity contribution in [1.82, 2.24) is 15.1 Å². The van der Waals surface area contributed by atoms with Crippen molar-refractivity contribution in [2.75, 3.05) is 39.3 Å². The minimum Gasteiger partial charge on any atom is -0.376 e. The molecule has 21 heavy (non-hydrogen) atoms. The largest absolute Gasteiger partial charge is 0.376 e. The summed E-state index contributed by atoms with van der Waals surface area (Å²) in [5.74, 6) is 0. The molecular formula is C16H29N3OS. The lowest BCUT2D eigenvalue weighted by atomic mass is 9.94. The van der Waals surface area contributed by atoms with Crippen molar-refractivity contribution < 1.29 is 4.74 Å². The van der Waals surface area contributed by atoms with Crippen LogP contribution in [0.4, 0.5) is 0 Å². The summed E-state index contributed by atoms with van der Waals surface area (Å²) in [7, 11) is 0. The highest BCUT2D eigenvalue weighted by Gasteiger charge is 2.26. The first-order valence-corrected chi connectivity index (χ1v) is 9.12. The average Bonchev–Trinajstić information content (AvgIpc) is 3.07. The van der Waals surface area contributed by atoms with Crippen LogP contribution in [0.3, 0.4) is 0 Å². The molecule has 0 aromatic carbocycles. The molecule has 2 heterocycles. The molecule has 2 saturated heterocycles. The summed E-state index contributed by atoms with van der Waals surface area (Å²) in [4.78, 5) is 5.03. The normalized spacial score (nSPS) is 28.8. The topological polar surface area (TPSA) is 27.7 Å². The van der Waals surface area contributed by atoms with E-state index in [0.717, 1.165) is 37.4 Å². The van der Waals surface area contributed by atoms with E-state index in [2.05, 4.69) is 15.1 Å². The van der Waals surface area contributed by atoms with Crippen molar-refractivity contribution in [3.63, 3.8) is 0 Å². The lowest BCUT2D eigenvalue weighted by Crippen LogP contribution is -2.54. The quantitative estimate of drug-likeness (QED) is 0.805. The molecule has 1 aliphatic carbocycles. The second kappa shape index (κ2) is 7.75. The molecule has 0 radical (unpaired) electrons. The lowest BCUT2D eigenvalue weighted by molar-refractivity contribution is 0.102. The monoisotopic (exact) mass is 311 g/mol. The first kappa shape index (κ1) is 15.5. The maximum absolute atomic E-state index is 5.64. The molecule has 5 heteroatoms. The smallest absolute Gasteiger partial charge is 0.169 e. The van der Waals surface area contributed by atoms with Gasteiger partial charge in [-0.1, -0.05) is 19.3 Å². The van der Waals surface area contributed by atoms with Crippen LogP contribution < -0.4 is 5.32 Å². The van der Waals surface area contributed by atoms with Gasteiger partial charge in [-0.05, 0) is 37.9 Å². The number of thiocarbonyl (C=S) groups is 1. The van der Waals surface area contributed by atoms with E-state index in [9.17, 15) is 0 Å². The standard InChI is InChI=1S/C16H29N3OS/c21-16(17-13-15-7-4-12-20-15)19-10-8-18(9-11-19)14-5-2-1-3-6-14/h14-15H,1-13H2,(H,17,21)/t15-/m1/s1. The Morgan fingerprint density at radius 2 is 1.76 bits per heavy atom. The number of nitrogens with one attached hydrogen (secondary N) is 1. The number of rotatable bonds is 3. The van der Waals surface area contributed by atoms with E-state index in [0.29, 0.717) is 6.10 Å². The van der Waals surface area contributed by atoms with Gasteiger partial charge in [0.1, 0.15) is 0 Å². The van der Waals surface area contributed by atoms with Crippen LogP contribution in [0.25, 0.3) is 0 Å². The Morgan fingerprint density at radius 1 is 1.00 bits per heavy atom. The zero-order valence-electron chi connectivity index (χ0n) is 13.1. The van der Waals surface area contributed by atoms with Crippen LogP contribution in [0.2, 0.25) is 0 Å². The molecule has 120 valence electrons. The summed E-state index contributed by atoms with van der Waals surface area (Å²) in [6.45, 7) is 6.29. The Kier molecular flexibility index (Phi) is 5.72. The Bertz CT molecular complexity index is 332. The van der Waals surface area contributed by atoms with E-state index in [-0.39, 0.29) is 0 Å². The number of hydrogen-bond acceptors (Lipinski definition) is 3. The minimum absolute atomic E-state index is 0.367. The van der Waals surface area contributed by atoms with Gasteiger partial charge in [0.2, 0.25) is 0 Å². The lowest BCUT2D eigenvalue weighted by Gasteiger charge is -2.41. The van der Waals surface area contributed by atoms with Gasteiger partial charge < -0.3 is 15.0 Å². The first-order chi connectivity index (χ1) is 10.3. The van der Waals surface area contributed by atoms with E-state index in [1.54, 1.807) is 0 Å². The van der Waals surface area contributed by atoms with E-state index in [1.165, 1.54) is 58.0 Å². The second-order valence-corrected chi connectivity index (χ2v) is 7.02. The van der Waals surface area contributed by atoms with E-state index < -0.39 is 0 Å². The Labute approximate surface area is 134 Å². The third-order valence-corrected chi connectivity index (χ3v) is 5.60. The van der Waals surface area contributed by atoms with Gasteiger partial charge in [0, 0.05) is 45.4 Å². The number of piperazine rings is 1. The summed E-state index contributed by atoms with van der Waals surface area (Å²) in [6.07, 6.45) is 9.83. The SMILES string of the molecule is S=C(NC[C@H]1CCCO1)N1CCN(C2CCCCC2)CC1. The molecule has 0 aromatic rings. The van der Waals surface area contributed by atoms with Crippen LogP contribution in [0.15, 0.2) is 0 Å². The third-order valence-electron chi connectivity index (χ3n) is 5.20. The molecule has 0 spiro atoms. The summed E-state index contributed by atoms with van der Waals surface area (Å²) in [5, 5.41) is 4.33. The maximum Gasteiger partial charge on any atom is 0.169 e. The van der Waals surface area contributed by atoms with Gasteiger partial charge >= 0.3 is 0 Å². The van der Waals surface area contributed by atoms with Crippen molar-refractivity contribution in [2.45, 2.75) is 57.1 Å². The number of ether oxygens (including phenoxy) is 1. The van der Waals surface area contributed by atoms with Gasteiger partial charge in [-0.15, -0.1) is 0 Å². The van der Waals surface area contributed by atoms with Crippen molar-refractivity contribution in [3.8, 4) is 0 Å². The van der Waals surface area contributed by atoms with Crippen LogP contribution in [0, 0.1) is 0 Å². The van der Waals surface area contributed by atoms with Crippen LogP contribution in [-0.2, 0) is 4.74 Å². The van der Waals surface area contributed by atoms with Crippen LogP contribution in [0.5, 0.6) is 0 Å². The summed E-state index contributed by atoms with van der Waals surface area (Å²) < 4.78 is 5.64. The van der Waals surface area contributed by atoms with E-state index >= 15 is 0 Å². The van der Waals surface area contributed by atoms with Gasteiger partial charge in [-0.3, -0.25) is 4.90 Å². The summed E-state index contributed by atoms with van der Waals surface area (Å²) >= 11 is 5.54. The highest BCUT2D eigenvalue weighted by molar-refractivity contribution is 7.80. The molecule has 3 rings (SSSR count). The molecule has 0 amide bonds. The molecule has 4 nitrogen and oxygen atoms in total. The Balaban J connectivity index is 1.37. The number of nitrogens with zero attached hydrogens (tertiary/aromatic N) is 2. The Hall–Kier alpha value is -0.390. The van der Waals surface area contributed by atoms with Crippen molar-refractivity contribution >= 4 is 17.3 Å². The third kappa shape index (κ3) is 4.30. The molecule has 0 bridgehead atoms. The Morgan fingerprint density at radius 3 is 2.43 bits per heavy atom. The fourth-order valence-electron chi connectivity index (χ4n) is 3.85. The fraction of sp³-hybridized carbons (Fsp3) is 0.938. The molecule has 0 aromatic heterocycles. The van der Waals surface area contributed by atoms with Gasteiger partial charge in [-0.25, -0.2) is 0 Å². The maximum atomic E-state index is 5.64. The summed E-state index contributed by atoms with van der Waals surface area (Å²) in [5.41, 5.74) is 0. The fourth-order valence-corrected chi connectivity index (χ4v) is 4.12. The zero-order chi connectivity index (χ0) is 14.5. The molecule has 1 atom stereocenters. The van der Waals surface area contributed by atoms with Crippen molar-refractivity contribution in [2.24, 2.45) is 0 Å². The molecule has 2 aliphatic heterocycles. The van der Waals surface area contributed by atoms with Crippen molar-refractivity contribution in [3.05, 3.63) is 0 Å². The molecule has 1 N–H and O–H groups in total. The van der Waals surface area contributed by atoms with E-state index in [4.69, 9.17) is 17.0 Å². The van der Waals surface area contributed by atoms with Gasteiger partial charge in [0.25, 0.3) is 0 Å². The molecular weight excluding hydrogens is 282 g/mol. The van der Waals surface area contributed by atoms with Gasteiger partial charge in [0.05, 0.1) is 6.10 Å². The molecule has 0 unspecified atom stereocenters. The first-order valence-electron chi connectivity index (χ1n) is 8.71. The number of hydrogen-bond donors (Lipinski definition) is 1. The average molecular weight is 311 g/mol. The summed E-state index contributed by atoms with van der Waals surface area (Å²) in [6, 6.07) is 0.842. The molecule has 3 aliphatic rings. The van der Waals surface area contributed by atoms with E-state index in [1.807, 2.05) is 0 Å². The van der Waals surface area contributed by atoms with Crippen LogP contribution >= 0.6 is 12.2 Å². The second-order valence-electron chi connectivity index (χ2n) is 6.64. The highest BCUT2D eigenvalue weighted by atomic mass is 32.1. The van der Waals surface area contributed by atoms with Crippen molar-refractivity contribution in [1.29, 1.82) is 0 Å². The van der Waals surface area contributed by atoms with Crippen LogP contribution in [0.1, 0.15) is 44.9 Å². The highest BCUT2D eigenvalue weighted by Crippen LogP contribution is 2.23. The minimum atomic E-state index is 0.367. The van der Waals surface area contributed by atoms with Gasteiger partial charge in [0.15, 0.2) is 5.11 Å². The van der Waals surface area contributed by atoms with Crippen LogP contribution in [-0.4, -0.2) is 66.4 Å². The predicted octanol–water partition coefficient (Wildman–Crippen LogP) is 1.99. The predicted molar refractivity (Wildman–Crippen MR) is 89.6 cm³/mol. The zero-order valence-corrected chi connectivity index (χ0v) is 13.9.